The van der Waals surface area contributed by atoms with Gasteiger partial charge in [-0.2, -0.15) is 0 Å². The lowest BCUT2D eigenvalue weighted by atomic mass is 10.1. The van der Waals surface area contributed by atoms with Crippen molar-refractivity contribution >= 4 is 17.4 Å². The number of nitrogens with one attached hydrogen (secondary N) is 1. The highest BCUT2D eigenvalue weighted by atomic mass is 19.1. The largest absolute Gasteiger partial charge is 0.392 e. The lowest BCUT2D eigenvalue weighted by Gasteiger charge is -2.08. The Balaban J connectivity index is 1.70. The molecule has 6 nitrogen and oxygen atoms in total. The normalized spacial score (nSPS) is 14.3. The highest BCUT2D eigenvalue weighted by Gasteiger charge is 2.23. The number of amides is 1. The predicted molar refractivity (Wildman–Crippen MR) is 92.1 cm³/mol. The maximum atomic E-state index is 13.5. The Hall–Kier alpha value is -2.83. The predicted octanol–water partition coefficient (Wildman–Crippen LogP) is 3.47. The second-order valence-corrected chi connectivity index (χ2v) is 5.88. The average Bonchev–Trinajstić information content (AvgIpc) is 3.43. The molecule has 25 heavy (non-hydrogen) atoms. The van der Waals surface area contributed by atoms with E-state index in [2.05, 4.69) is 20.4 Å². The van der Waals surface area contributed by atoms with Crippen molar-refractivity contribution in [1.29, 1.82) is 0 Å². The summed E-state index contributed by atoms with van der Waals surface area (Å²) in [5.74, 6) is -0.599. The van der Waals surface area contributed by atoms with Crippen LogP contribution in [0.25, 0.3) is 0 Å². The zero-order valence-corrected chi connectivity index (χ0v) is 14.1. The van der Waals surface area contributed by atoms with Gasteiger partial charge in [-0.25, -0.2) is 9.37 Å². The summed E-state index contributed by atoms with van der Waals surface area (Å²) in [5.41, 5.74) is 2.08. The molecule has 3 rings (SSSR count). The molecule has 1 aliphatic rings. The van der Waals surface area contributed by atoms with Crippen LogP contribution in [0.15, 0.2) is 35.9 Å². The number of rotatable bonds is 6. The van der Waals surface area contributed by atoms with E-state index < -0.39 is 11.7 Å². The van der Waals surface area contributed by atoms with Crippen LogP contribution in [0.2, 0.25) is 0 Å². The number of pyridine rings is 2. The zero-order valence-electron chi connectivity index (χ0n) is 14.1. The van der Waals surface area contributed by atoms with Crippen molar-refractivity contribution in [1.82, 2.24) is 9.97 Å². The molecule has 0 spiro atoms. The van der Waals surface area contributed by atoms with Crippen LogP contribution in [0.3, 0.4) is 0 Å². The van der Waals surface area contributed by atoms with Crippen molar-refractivity contribution in [3.05, 3.63) is 53.2 Å². The van der Waals surface area contributed by atoms with Crippen molar-refractivity contribution < 1.29 is 14.0 Å². The van der Waals surface area contributed by atoms with E-state index in [9.17, 15) is 9.18 Å². The Kier molecular flexibility index (Phi) is 5.02. The molecule has 0 aromatic carbocycles. The van der Waals surface area contributed by atoms with Crippen LogP contribution < -0.4 is 5.32 Å². The lowest BCUT2D eigenvalue weighted by Crippen LogP contribution is -2.15. The van der Waals surface area contributed by atoms with Gasteiger partial charge < -0.3 is 10.2 Å². The van der Waals surface area contributed by atoms with Crippen molar-refractivity contribution in [2.75, 3.05) is 5.32 Å². The van der Waals surface area contributed by atoms with Crippen LogP contribution in [0.5, 0.6) is 0 Å². The minimum atomic E-state index is -0.518. The molecule has 2 aromatic heterocycles. The standard InChI is InChI=1S/C18H19FN4O2/c1-3-16(23-25-13-5-6-13)12-4-7-17(21-8-12)22-18(24)14-9-20-10-15(19)11(14)2/h4,7-10,13H,3,5-6H2,1-2H3,(H,21,22,24). The van der Waals surface area contributed by atoms with Gasteiger partial charge >= 0.3 is 0 Å². The summed E-state index contributed by atoms with van der Waals surface area (Å²) in [5, 5.41) is 6.82. The molecule has 2 heterocycles. The third kappa shape index (κ3) is 4.17. The summed E-state index contributed by atoms with van der Waals surface area (Å²) in [4.78, 5) is 25.6. The van der Waals surface area contributed by atoms with Gasteiger partial charge in [0.2, 0.25) is 0 Å². The van der Waals surface area contributed by atoms with E-state index in [0.29, 0.717) is 12.2 Å². The first-order chi connectivity index (χ1) is 12.1. The summed E-state index contributed by atoms with van der Waals surface area (Å²) < 4.78 is 13.5. The van der Waals surface area contributed by atoms with E-state index >= 15 is 0 Å². The highest BCUT2D eigenvalue weighted by Crippen LogP contribution is 2.24. The molecule has 0 aliphatic heterocycles. The average molecular weight is 342 g/mol. The van der Waals surface area contributed by atoms with Gasteiger partial charge in [0, 0.05) is 23.5 Å². The summed E-state index contributed by atoms with van der Waals surface area (Å²) in [6.07, 6.45) is 7.11. The van der Waals surface area contributed by atoms with Crippen molar-refractivity contribution in [2.24, 2.45) is 5.16 Å². The first kappa shape index (κ1) is 17.0. The molecule has 0 atom stereocenters. The maximum absolute atomic E-state index is 13.5. The minimum absolute atomic E-state index is 0.180. The summed E-state index contributed by atoms with van der Waals surface area (Å²) in [6.45, 7) is 3.52. The van der Waals surface area contributed by atoms with Gasteiger partial charge in [0.15, 0.2) is 0 Å². The molecular weight excluding hydrogens is 323 g/mol. The van der Waals surface area contributed by atoms with E-state index in [0.717, 1.165) is 30.3 Å². The second-order valence-electron chi connectivity index (χ2n) is 5.88. The number of carbonyl (C=O) groups is 1. The molecule has 1 N–H and O–H groups in total. The number of nitrogens with zero attached hydrogens (tertiary/aromatic N) is 3. The minimum Gasteiger partial charge on any atom is -0.392 e. The number of halogens is 1. The van der Waals surface area contributed by atoms with E-state index in [4.69, 9.17) is 4.84 Å². The highest BCUT2D eigenvalue weighted by molar-refractivity contribution is 6.05. The number of oxime groups is 1. The maximum Gasteiger partial charge on any atom is 0.258 e. The van der Waals surface area contributed by atoms with Gasteiger partial charge in [-0.15, -0.1) is 0 Å². The van der Waals surface area contributed by atoms with Gasteiger partial charge in [0.25, 0.3) is 5.91 Å². The van der Waals surface area contributed by atoms with Crippen LogP contribution in [0.1, 0.15) is 47.7 Å². The van der Waals surface area contributed by atoms with Crippen molar-refractivity contribution in [3.63, 3.8) is 0 Å². The SMILES string of the molecule is CCC(=NOC1CC1)c1ccc(NC(=O)c2cncc(F)c2C)nc1. The summed E-state index contributed by atoms with van der Waals surface area (Å²) in [7, 11) is 0. The van der Waals surface area contributed by atoms with Crippen LogP contribution >= 0.6 is 0 Å². The van der Waals surface area contributed by atoms with Gasteiger partial charge in [0.1, 0.15) is 17.7 Å². The quantitative estimate of drug-likeness (QED) is 0.644. The number of aromatic nitrogens is 2. The van der Waals surface area contributed by atoms with Gasteiger partial charge in [0.05, 0.1) is 17.5 Å². The summed E-state index contributed by atoms with van der Waals surface area (Å²) >= 11 is 0. The Labute approximate surface area is 145 Å². The second kappa shape index (κ2) is 7.38. The smallest absolute Gasteiger partial charge is 0.258 e. The molecule has 130 valence electrons. The third-order valence-electron chi connectivity index (χ3n) is 3.91. The number of hydrogen-bond donors (Lipinski definition) is 1. The fraction of sp³-hybridized carbons (Fsp3) is 0.333. The zero-order chi connectivity index (χ0) is 17.8. The Morgan fingerprint density at radius 1 is 1.36 bits per heavy atom. The molecular formula is C18H19FN4O2. The van der Waals surface area contributed by atoms with E-state index in [1.54, 1.807) is 12.3 Å². The summed E-state index contributed by atoms with van der Waals surface area (Å²) in [6, 6.07) is 3.50. The molecule has 1 saturated carbocycles. The fourth-order valence-corrected chi connectivity index (χ4v) is 2.18. The van der Waals surface area contributed by atoms with Crippen LogP contribution in [-0.4, -0.2) is 27.7 Å². The molecule has 1 aliphatic carbocycles. The van der Waals surface area contributed by atoms with Crippen molar-refractivity contribution in [3.8, 4) is 0 Å². The molecule has 0 saturated heterocycles. The van der Waals surface area contributed by atoms with Crippen LogP contribution in [0, 0.1) is 12.7 Å². The molecule has 0 bridgehead atoms. The lowest BCUT2D eigenvalue weighted by molar-refractivity contribution is 0.102. The van der Waals surface area contributed by atoms with Crippen molar-refractivity contribution in [2.45, 2.75) is 39.2 Å². The molecule has 1 amide bonds. The number of carbonyl (C=O) groups excluding carboxylic acids is 1. The van der Waals surface area contributed by atoms with E-state index in [1.165, 1.54) is 13.1 Å². The van der Waals surface area contributed by atoms with E-state index in [-0.39, 0.29) is 17.2 Å². The fourth-order valence-electron chi connectivity index (χ4n) is 2.18. The monoisotopic (exact) mass is 342 g/mol. The van der Waals surface area contributed by atoms with E-state index in [1.807, 2.05) is 13.0 Å². The molecule has 0 unspecified atom stereocenters. The van der Waals surface area contributed by atoms with Gasteiger partial charge in [-0.3, -0.25) is 9.78 Å². The first-order valence-electron chi connectivity index (χ1n) is 8.19. The molecule has 0 radical (unpaired) electrons. The first-order valence-corrected chi connectivity index (χ1v) is 8.19. The number of hydrogen-bond acceptors (Lipinski definition) is 5. The van der Waals surface area contributed by atoms with Gasteiger partial charge in [-0.1, -0.05) is 12.1 Å². The van der Waals surface area contributed by atoms with Crippen LogP contribution in [0.4, 0.5) is 10.2 Å². The molecule has 1 fully saturated rings. The Bertz CT molecular complexity index is 801. The molecule has 2 aromatic rings. The number of anilines is 1. The van der Waals surface area contributed by atoms with Gasteiger partial charge in [-0.05, 0) is 38.3 Å². The Morgan fingerprint density at radius 3 is 2.80 bits per heavy atom. The van der Waals surface area contributed by atoms with Crippen LogP contribution in [-0.2, 0) is 4.84 Å². The Morgan fingerprint density at radius 2 is 2.16 bits per heavy atom. The third-order valence-corrected chi connectivity index (χ3v) is 3.91. The topological polar surface area (TPSA) is 76.5 Å². The molecule has 7 heteroatoms.